The van der Waals surface area contributed by atoms with Crippen LogP contribution in [0.15, 0.2) is 18.2 Å². The lowest BCUT2D eigenvalue weighted by Gasteiger charge is -2.14. The van der Waals surface area contributed by atoms with Crippen LogP contribution in [-0.2, 0) is 19.5 Å². The molecule has 2 amide bonds. The van der Waals surface area contributed by atoms with Gasteiger partial charge in [-0.1, -0.05) is 13.8 Å². The predicted octanol–water partition coefficient (Wildman–Crippen LogP) is 3.12. The van der Waals surface area contributed by atoms with Crippen LogP contribution in [0.25, 0.3) is 0 Å². The summed E-state index contributed by atoms with van der Waals surface area (Å²) in [6, 6.07) is 5.11. The highest BCUT2D eigenvalue weighted by molar-refractivity contribution is 5.89. The number of hydrogen-bond donors (Lipinski definition) is 2. The summed E-state index contributed by atoms with van der Waals surface area (Å²) >= 11 is 0. The number of urea groups is 1. The summed E-state index contributed by atoms with van der Waals surface area (Å²) in [7, 11) is 0. The Kier molecular flexibility index (Phi) is 6.51. The molecule has 0 radical (unpaired) electrons. The molecular formula is C19H27N5O3. The summed E-state index contributed by atoms with van der Waals surface area (Å²) in [6.07, 6.45) is 3.85. The number of nitrogens with one attached hydrogen (secondary N) is 2. The molecule has 0 bridgehead atoms. The van der Waals surface area contributed by atoms with E-state index in [2.05, 4.69) is 32.3 Å². The van der Waals surface area contributed by atoms with Gasteiger partial charge in [-0.2, -0.15) is 0 Å². The van der Waals surface area contributed by atoms with Gasteiger partial charge in [0.05, 0.1) is 19.8 Å². The van der Waals surface area contributed by atoms with Gasteiger partial charge in [0, 0.05) is 24.7 Å². The molecule has 0 aliphatic carbocycles. The van der Waals surface area contributed by atoms with Gasteiger partial charge in [0.1, 0.15) is 5.82 Å². The average molecular weight is 373 g/mol. The normalized spacial score (nSPS) is 12.5. The third-order valence-electron chi connectivity index (χ3n) is 4.22. The SMILES string of the molecule is CCCOc1ccc(NC(=O)NCc2nnc3n2CCC3)cc1OCCC. The van der Waals surface area contributed by atoms with Gasteiger partial charge in [-0.05, 0) is 31.4 Å². The van der Waals surface area contributed by atoms with E-state index in [1.807, 2.05) is 13.0 Å². The molecular weight excluding hydrogens is 346 g/mol. The van der Waals surface area contributed by atoms with Gasteiger partial charge in [0.15, 0.2) is 17.3 Å². The van der Waals surface area contributed by atoms with Crippen LogP contribution in [0.1, 0.15) is 44.8 Å². The van der Waals surface area contributed by atoms with E-state index in [9.17, 15) is 4.79 Å². The van der Waals surface area contributed by atoms with Crippen molar-refractivity contribution in [3.05, 3.63) is 29.8 Å². The van der Waals surface area contributed by atoms with Crippen molar-refractivity contribution >= 4 is 11.7 Å². The summed E-state index contributed by atoms with van der Waals surface area (Å²) in [5.41, 5.74) is 0.647. The molecule has 2 N–H and O–H groups in total. The van der Waals surface area contributed by atoms with Crippen molar-refractivity contribution in [1.82, 2.24) is 20.1 Å². The van der Waals surface area contributed by atoms with Crippen LogP contribution in [0.5, 0.6) is 11.5 Å². The minimum Gasteiger partial charge on any atom is -0.490 e. The van der Waals surface area contributed by atoms with Crippen LogP contribution in [0.3, 0.4) is 0 Å². The fourth-order valence-electron chi connectivity index (χ4n) is 2.92. The zero-order valence-electron chi connectivity index (χ0n) is 16.0. The second kappa shape index (κ2) is 9.25. The zero-order chi connectivity index (χ0) is 19.1. The molecule has 146 valence electrons. The zero-order valence-corrected chi connectivity index (χ0v) is 16.0. The quantitative estimate of drug-likeness (QED) is 0.705. The first-order chi connectivity index (χ1) is 13.2. The number of anilines is 1. The number of aromatic nitrogens is 3. The number of aryl methyl sites for hydroxylation is 1. The Morgan fingerprint density at radius 2 is 1.93 bits per heavy atom. The fraction of sp³-hybridized carbons (Fsp3) is 0.526. The largest absolute Gasteiger partial charge is 0.490 e. The van der Waals surface area contributed by atoms with E-state index in [1.54, 1.807) is 12.1 Å². The molecule has 0 saturated carbocycles. The van der Waals surface area contributed by atoms with E-state index in [1.165, 1.54) is 0 Å². The lowest BCUT2D eigenvalue weighted by Crippen LogP contribution is -2.29. The molecule has 8 heteroatoms. The lowest BCUT2D eigenvalue weighted by molar-refractivity contribution is 0.251. The molecule has 1 aliphatic rings. The molecule has 0 saturated heterocycles. The molecule has 1 aromatic heterocycles. The minimum absolute atomic E-state index is 0.297. The highest BCUT2D eigenvalue weighted by Crippen LogP contribution is 2.31. The number of benzene rings is 1. The van der Waals surface area contributed by atoms with Gasteiger partial charge < -0.3 is 24.7 Å². The summed E-state index contributed by atoms with van der Waals surface area (Å²) < 4.78 is 13.5. The molecule has 2 aromatic rings. The van der Waals surface area contributed by atoms with E-state index in [0.29, 0.717) is 36.9 Å². The summed E-state index contributed by atoms with van der Waals surface area (Å²) in [6.45, 7) is 6.57. The highest BCUT2D eigenvalue weighted by atomic mass is 16.5. The molecule has 0 fully saturated rings. The molecule has 1 aliphatic heterocycles. The van der Waals surface area contributed by atoms with E-state index in [-0.39, 0.29) is 6.03 Å². The van der Waals surface area contributed by atoms with Crippen molar-refractivity contribution in [2.45, 2.75) is 52.6 Å². The summed E-state index contributed by atoms with van der Waals surface area (Å²) in [5, 5.41) is 13.9. The maximum atomic E-state index is 12.2. The molecule has 8 nitrogen and oxygen atoms in total. The minimum atomic E-state index is -0.297. The standard InChI is InChI=1S/C19H27N5O3/c1-3-10-26-15-8-7-14(12-16(15)27-11-4-2)21-19(25)20-13-18-23-22-17-6-5-9-24(17)18/h7-8,12H,3-6,9-11,13H2,1-2H3,(H2,20,21,25). The lowest BCUT2D eigenvalue weighted by atomic mass is 10.2. The first kappa shape index (κ1) is 19.0. The number of ether oxygens (including phenoxy) is 2. The topological polar surface area (TPSA) is 90.3 Å². The first-order valence-corrected chi connectivity index (χ1v) is 9.56. The van der Waals surface area contributed by atoms with Crippen LogP contribution in [0.2, 0.25) is 0 Å². The van der Waals surface area contributed by atoms with Crippen LogP contribution in [0, 0.1) is 0 Å². The number of carbonyl (C=O) groups excluding carboxylic acids is 1. The van der Waals surface area contributed by atoms with Crippen molar-refractivity contribution in [1.29, 1.82) is 0 Å². The Labute approximate surface area is 159 Å². The van der Waals surface area contributed by atoms with Crippen LogP contribution in [0.4, 0.5) is 10.5 Å². The molecule has 2 heterocycles. The Morgan fingerprint density at radius 1 is 1.15 bits per heavy atom. The molecule has 0 spiro atoms. The number of rotatable bonds is 9. The van der Waals surface area contributed by atoms with Crippen LogP contribution in [-0.4, -0.2) is 34.0 Å². The van der Waals surface area contributed by atoms with Gasteiger partial charge in [-0.25, -0.2) is 4.79 Å². The number of carbonyl (C=O) groups is 1. The summed E-state index contributed by atoms with van der Waals surface area (Å²) in [5.74, 6) is 3.11. The van der Waals surface area contributed by atoms with E-state index in [4.69, 9.17) is 9.47 Å². The molecule has 0 unspecified atom stereocenters. The Balaban J connectivity index is 1.58. The maximum absolute atomic E-state index is 12.2. The van der Waals surface area contributed by atoms with Gasteiger partial charge in [-0.3, -0.25) is 0 Å². The second-order valence-corrected chi connectivity index (χ2v) is 6.45. The molecule has 3 rings (SSSR count). The first-order valence-electron chi connectivity index (χ1n) is 9.56. The predicted molar refractivity (Wildman–Crippen MR) is 102 cm³/mol. The Morgan fingerprint density at radius 3 is 2.70 bits per heavy atom. The molecule has 0 atom stereocenters. The average Bonchev–Trinajstić information content (AvgIpc) is 3.28. The number of amides is 2. The van der Waals surface area contributed by atoms with Crippen LogP contribution < -0.4 is 20.1 Å². The number of fused-ring (bicyclic) bond motifs is 1. The van der Waals surface area contributed by atoms with Crippen molar-refractivity contribution in [3.8, 4) is 11.5 Å². The number of nitrogens with zero attached hydrogens (tertiary/aromatic N) is 3. The van der Waals surface area contributed by atoms with Crippen molar-refractivity contribution < 1.29 is 14.3 Å². The third kappa shape index (κ3) is 4.90. The van der Waals surface area contributed by atoms with Gasteiger partial charge in [-0.15, -0.1) is 10.2 Å². The maximum Gasteiger partial charge on any atom is 0.319 e. The smallest absolute Gasteiger partial charge is 0.319 e. The third-order valence-corrected chi connectivity index (χ3v) is 4.22. The van der Waals surface area contributed by atoms with Gasteiger partial charge in [0.2, 0.25) is 0 Å². The summed E-state index contributed by atoms with van der Waals surface area (Å²) in [4.78, 5) is 12.2. The second-order valence-electron chi connectivity index (χ2n) is 6.45. The van der Waals surface area contributed by atoms with Crippen molar-refractivity contribution in [2.24, 2.45) is 0 Å². The fourth-order valence-corrected chi connectivity index (χ4v) is 2.92. The van der Waals surface area contributed by atoms with Crippen molar-refractivity contribution in [3.63, 3.8) is 0 Å². The highest BCUT2D eigenvalue weighted by Gasteiger charge is 2.17. The van der Waals surface area contributed by atoms with Gasteiger partial charge in [0.25, 0.3) is 0 Å². The number of hydrogen-bond acceptors (Lipinski definition) is 5. The Hall–Kier alpha value is -2.77. The van der Waals surface area contributed by atoms with Crippen LogP contribution >= 0.6 is 0 Å². The van der Waals surface area contributed by atoms with E-state index >= 15 is 0 Å². The monoisotopic (exact) mass is 373 g/mol. The van der Waals surface area contributed by atoms with Gasteiger partial charge >= 0.3 is 6.03 Å². The van der Waals surface area contributed by atoms with Crippen molar-refractivity contribution in [2.75, 3.05) is 18.5 Å². The van der Waals surface area contributed by atoms with E-state index in [0.717, 1.165) is 43.9 Å². The molecule has 1 aromatic carbocycles. The van der Waals surface area contributed by atoms with E-state index < -0.39 is 0 Å². The Bertz CT molecular complexity index is 775. The molecule has 27 heavy (non-hydrogen) atoms.